The number of aliphatic hydroxyl groups is 1. The Kier molecular flexibility index (Phi) is 5.22. The number of amides is 1. The van der Waals surface area contributed by atoms with Gasteiger partial charge in [0, 0.05) is 18.7 Å². The zero-order chi connectivity index (χ0) is 22.2. The van der Waals surface area contributed by atoms with Crippen molar-refractivity contribution in [3.05, 3.63) is 59.2 Å². The van der Waals surface area contributed by atoms with Crippen molar-refractivity contribution in [3.8, 4) is 17.2 Å². The molecule has 2 aromatic carbocycles. The molecule has 2 atom stereocenters. The van der Waals surface area contributed by atoms with E-state index in [0.717, 1.165) is 12.8 Å². The maximum absolute atomic E-state index is 13.1. The van der Waals surface area contributed by atoms with Crippen LogP contribution in [0.25, 0.3) is 5.76 Å². The summed E-state index contributed by atoms with van der Waals surface area (Å²) in [6.07, 6.45) is 1.58. The Labute approximate surface area is 184 Å². The van der Waals surface area contributed by atoms with Gasteiger partial charge in [0.1, 0.15) is 11.5 Å². The topological polar surface area (TPSA) is 94.5 Å². The van der Waals surface area contributed by atoms with Gasteiger partial charge in [0.2, 0.25) is 6.79 Å². The number of hydrogen-bond acceptors (Lipinski definition) is 7. The molecule has 2 saturated heterocycles. The summed E-state index contributed by atoms with van der Waals surface area (Å²) >= 11 is 0. The van der Waals surface area contributed by atoms with E-state index in [9.17, 15) is 14.7 Å². The maximum atomic E-state index is 13.1. The minimum absolute atomic E-state index is 0.0279. The van der Waals surface area contributed by atoms with E-state index < -0.39 is 17.7 Å². The number of rotatable bonds is 5. The molecule has 0 radical (unpaired) electrons. The van der Waals surface area contributed by atoms with E-state index in [1.54, 1.807) is 43.5 Å². The van der Waals surface area contributed by atoms with Crippen LogP contribution in [0.15, 0.2) is 48.0 Å². The quantitative estimate of drug-likeness (QED) is 0.437. The molecule has 5 rings (SSSR count). The molecule has 0 aliphatic carbocycles. The fourth-order valence-electron chi connectivity index (χ4n) is 4.43. The zero-order valence-corrected chi connectivity index (χ0v) is 17.6. The average Bonchev–Trinajstić information content (AvgIpc) is 3.55. The molecule has 3 heterocycles. The van der Waals surface area contributed by atoms with Crippen LogP contribution in [0.4, 0.5) is 0 Å². The second-order valence-electron chi connectivity index (χ2n) is 7.93. The van der Waals surface area contributed by atoms with Gasteiger partial charge < -0.3 is 29.0 Å². The summed E-state index contributed by atoms with van der Waals surface area (Å²) in [5, 5.41) is 11.2. The summed E-state index contributed by atoms with van der Waals surface area (Å²) in [6, 6.07) is 11.3. The third kappa shape index (κ3) is 3.46. The highest BCUT2D eigenvalue weighted by Gasteiger charge is 2.47. The molecule has 0 spiro atoms. The van der Waals surface area contributed by atoms with Crippen LogP contribution in [0.1, 0.15) is 30.0 Å². The third-order valence-electron chi connectivity index (χ3n) is 6.02. The first kappa shape index (κ1) is 20.4. The molecule has 2 fully saturated rings. The van der Waals surface area contributed by atoms with Crippen LogP contribution in [-0.4, -0.2) is 54.9 Å². The predicted molar refractivity (Wildman–Crippen MR) is 114 cm³/mol. The number of nitrogens with zero attached hydrogens (tertiary/aromatic N) is 1. The first-order valence-electron chi connectivity index (χ1n) is 10.5. The van der Waals surface area contributed by atoms with E-state index in [4.69, 9.17) is 18.9 Å². The Morgan fingerprint density at radius 2 is 2.00 bits per heavy atom. The summed E-state index contributed by atoms with van der Waals surface area (Å²) in [5.41, 5.74) is 1.07. The summed E-state index contributed by atoms with van der Waals surface area (Å²) in [5.74, 6) is -0.0236. The molecule has 32 heavy (non-hydrogen) atoms. The molecule has 166 valence electrons. The van der Waals surface area contributed by atoms with E-state index in [-0.39, 0.29) is 30.8 Å². The Bertz CT molecular complexity index is 1100. The molecule has 8 nitrogen and oxygen atoms in total. The monoisotopic (exact) mass is 437 g/mol. The van der Waals surface area contributed by atoms with Crippen molar-refractivity contribution >= 4 is 17.4 Å². The molecule has 0 aromatic heterocycles. The highest BCUT2D eigenvalue weighted by Crippen LogP contribution is 2.42. The number of fused-ring (bicyclic) bond motifs is 1. The fourth-order valence-corrected chi connectivity index (χ4v) is 4.43. The number of aliphatic hydroxyl groups excluding tert-OH is 1. The first-order valence-corrected chi connectivity index (χ1v) is 10.5. The molecule has 0 bridgehead atoms. The smallest absolute Gasteiger partial charge is 0.295 e. The molecule has 8 heteroatoms. The minimum atomic E-state index is -0.764. The number of carbonyl (C=O) groups is 2. The van der Waals surface area contributed by atoms with E-state index in [1.165, 1.54) is 4.90 Å². The normalized spacial score (nSPS) is 23.7. The Morgan fingerprint density at radius 1 is 1.16 bits per heavy atom. The fraction of sp³-hybridized carbons (Fsp3) is 0.333. The second kappa shape index (κ2) is 8.20. The van der Waals surface area contributed by atoms with Crippen LogP contribution >= 0.6 is 0 Å². The minimum Gasteiger partial charge on any atom is -0.507 e. The van der Waals surface area contributed by atoms with Crippen LogP contribution in [0.5, 0.6) is 17.2 Å². The molecule has 2 aromatic rings. The number of benzene rings is 2. The van der Waals surface area contributed by atoms with Crippen LogP contribution in [0.3, 0.4) is 0 Å². The lowest BCUT2D eigenvalue weighted by Gasteiger charge is -2.27. The van der Waals surface area contributed by atoms with Gasteiger partial charge in [-0.25, -0.2) is 0 Å². The van der Waals surface area contributed by atoms with Gasteiger partial charge in [-0.2, -0.15) is 0 Å². The number of methoxy groups -OCH3 is 1. The zero-order valence-electron chi connectivity index (χ0n) is 17.6. The van der Waals surface area contributed by atoms with Crippen LogP contribution in [0, 0.1) is 0 Å². The van der Waals surface area contributed by atoms with Gasteiger partial charge in [0.15, 0.2) is 11.5 Å². The Balaban J connectivity index is 1.62. The second-order valence-corrected chi connectivity index (χ2v) is 7.93. The van der Waals surface area contributed by atoms with Crippen molar-refractivity contribution in [3.63, 3.8) is 0 Å². The average molecular weight is 437 g/mol. The maximum Gasteiger partial charge on any atom is 0.295 e. The third-order valence-corrected chi connectivity index (χ3v) is 6.02. The summed E-state index contributed by atoms with van der Waals surface area (Å²) in [6.45, 7) is 0.995. The lowest BCUT2D eigenvalue weighted by Crippen LogP contribution is -2.36. The molecule has 1 N–H and O–H groups in total. The Morgan fingerprint density at radius 3 is 2.78 bits per heavy atom. The van der Waals surface area contributed by atoms with Gasteiger partial charge in [-0.05, 0) is 48.7 Å². The SMILES string of the molecule is COc1cccc(C2/C(=C(/O)c3ccc4c(c3)OCO4)C(=O)C(=O)N2CC2CCCO2)c1. The van der Waals surface area contributed by atoms with Crippen molar-refractivity contribution in [1.82, 2.24) is 4.90 Å². The summed E-state index contributed by atoms with van der Waals surface area (Å²) in [7, 11) is 1.55. The number of likely N-dealkylation sites (tertiary alicyclic amines) is 1. The molecule has 2 unspecified atom stereocenters. The molecule has 3 aliphatic rings. The van der Waals surface area contributed by atoms with Gasteiger partial charge in [-0.1, -0.05) is 12.1 Å². The van der Waals surface area contributed by atoms with Crippen LogP contribution in [-0.2, 0) is 14.3 Å². The van der Waals surface area contributed by atoms with Crippen LogP contribution in [0.2, 0.25) is 0 Å². The van der Waals surface area contributed by atoms with Crippen molar-refractivity contribution in [2.45, 2.75) is 25.0 Å². The van der Waals surface area contributed by atoms with Gasteiger partial charge in [0.05, 0.1) is 24.8 Å². The number of carbonyl (C=O) groups excluding carboxylic acids is 2. The number of ketones is 1. The highest BCUT2D eigenvalue weighted by atomic mass is 16.7. The standard InChI is InChI=1S/C24H23NO7/c1-29-16-5-2-4-14(10-16)21-20(22(26)15-7-8-18-19(11-15)32-13-31-18)23(27)24(28)25(21)12-17-6-3-9-30-17/h2,4-5,7-8,10-11,17,21,26H,3,6,9,12-13H2,1H3/b22-20-. The van der Waals surface area contributed by atoms with Crippen LogP contribution < -0.4 is 14.2 Å². The largest absolute Gasteiger partial charge is 0.507 e. The van der Waals surface area contributed by atoms with E-state index >= 15 is 0 Å². The van der Waals surface area contributed by atoms with Gasteiger partial charge >= 0.3 is 0 Å². The number of hydrogen-bond donors (Lipinski definition) is 1. The predicted octanol–water partition coefficient (Wildman–Crippen LogP) is 3.02. The molecular formula is C24H23NO7. The number of ether oxygens (including phenoxy) is 4. The van der Waals surface area contributed by atoms with Crippen molar-refractivity contribution in [2.24, 2.45) is 0 Å². The van der Waals surface area contributed by atoms with Gasteiger partial charge in [-0.3, -0.25) is 9.59 Å². The van der Waals surface area contributed by atoms with Crippen molar-refractivity contribution in [1.29, 1.82) is 0 Å². The summed E-state index contributed by atoms with van der Waals surface area (Å²) < 4.78 is 21.8. The van der Waals surface area contributed by atoms with Crippen molar-refractivity contribution in [2.75, 3.05) is 27.1 Å². The molecule has 0 saturated carbocycles. The highest BCUT2D eigenvalue weighted by molar-refractivity contribution is 6.46. The summed E-state index contributed by atoms with van der Waals surface area (Å²) in [4.78, 5) is 27.7. The molecule has 3 aliphatic heterocycles. The molecule has 1 amide bonds. The van der Waals surface area contributed by atoms with Gasteiger partial charge in [-0.15, -0.1) is 0 Å². The van der Waals surface area contributed by atoms with Gasteiger partial charge in [0.25, 0.3) is 11.7 Å². The van der Waals surface area contributed by atoms with E-state index in [2.05, 4.69) is 0 Å². The van der Waals surface area contributed by atoms with E-state index in [1.807, 2.05) is 6.07 Å². The number of Topliss-reactive ketones (excluding diaryl/α,β-unsaturated/α-hetero) is 1. The first-order chi connectivity index (χ1) is 15.6. The molecular weight excluding hydrogens is 414 g/mol. The van der Waals surface area contributed by atoms with E-state index in [0.29, 0.717) is 35.0 Å². The lowest BCUT2D eigenvalue weighted by molar-refractivity contribution is -0.140. The Hall–Kier alpha value is -3.52. The van der Waals surface area contributed by atoms with Crippen molar-refractivity contribution < 1.29 is 33.6 Å². The lowest BCUT2D eigenvalue weighted by atomic mass is 9.95.